The zero-order valence-corrected chi connectivity index (χ0v) is 10.5. The fourth-order valence-corrected chi connectivity index (χ4v) is 1.95. The second kappa shape index (κ2) is 6.74. The Morgan fingerprint density at radius 3 is 2.59 bits per heavy atom. The molecule has 2 N–H and O–H groups in total. The summed E-state index contributed by atoms with van der Waals surface area (Å²) in [7, 11) is 0. The van der Waals surface area contributed by atoms with E-state index in [0.717, 1.165) is 5.56 Å². The van der Waals surface area contributed by atoms with E-state index in [1.165, 1.54) is 6.92 Å². The van der Waals surface area contributed by atoms with Crippen LogP contribution in [0, 0.1) is 0 Å². The van der Waals surface area contributed by atoms with Crippen molar-refractivity contribution in [3.8, 4) is 0 Å². The van der Waals surface area contributed by atoms with Crippen LogP contribution in [0.5, 0.6) is 0 Å². The zero-order chi connectivity index (χ0) is 12.8. The third-order valence-electron chi connectivity index (χ3n) is 2.58. The lowest BCUT2D eigenvalue weighted by atomic mass is 9.95. The summed E-state index contributed by atoms with van der Waals surface area (Å²) in [6.45, 7) is 1.50. The van der Waals surface area contributed by atoms with Gasteiger partial charge in [-0.15, -0.1) is 11.6 Å². The molecule has 0 spiro atoms. The van der Waals surface area contributed by atoms with E-state index < -0.39 is 12.2 Å². The number of Topliss-reactive ketones (excluding diaryl/α,β-unsaturated/α-hetero) is 1. The second-order valence-corrected chi connectivity index (χ2v) is 4.45. The first-order valence-electron chi connectivity index (χ1n) is 5.55. The molecule has 0 heterocycles. The highest BCUT2D eigenvalue weighted by Crippen LogP contribution is 2.23. The Balaban J connectivity index is 2.91. The number of rotatable bonds is 6. The molecule has 0 aliphatic carbocycles. The van der Waals surface area contributed by atoms with Gasteiger partial charge in [-0.3, -0.25) is 4.79 Å². The van der Waals surface area contributed by atoms with Crippen LogP contribution in [0.3, 0.4) is 0 Å². The molecule has 0 aromatic heterocycles. The van der Waals surface area contributed by atoms with E-state index in [2.05, 4.69) is 0 Å². The van der Waals surface area contributed by atoms with Crippen LogP contribution in [0.25, 0.3) is 0 Å². The largest absolute Gasteiger partial charge is 0.390 e. The average molecular weight is 257 g/mol. The predicted octanol–water partition coefficient (Wildman–Crippen LogP) is 1.84. The maximum Gasteiger partial charge on any atom is 0.134 e. The van der Waals surface area contributed by atoms with Crippen molar-refractivity contribution in [3.63, 3.8) is 0 Å². The number of benzene rings is 1. The summed E-state index contributed by atoms with van der Waals surface area (Å²) in [4.78, 5) is 11.1. The molecule has 2 unspecified atom stereocenters. The van der Waals surface area contributed by atoms with E-state index in [-0.39, 0.29) is 18.1 Å². The Morgan fingerprint density at radius 2 is 2.00 bits per heavy atom. The number of hydrogen-bond donors (Lipinski definition) is 2. The Bertz CT molecular complexity index is 379. The van der Waals surface area contributed by atoms with Crippen LogP contribution in [0.2, 0.25) is 0 Å². The van der Waals surface area contributed by atoms with Crippen molar-refractivity contribution in [2.24, 2.45) is 0 Å². The van der Waals surface area contributed by atoms with Crippen molar-refractivity contribution < 1.29 is 15.0 Å². The van der Waals surface area contributed by atoms with E-state index in [4.69, 9.17) is 11.6 Å². The predicted molar refractivity (Wildman–Crippen MR) is 67.1 cm³/mol. The summed E-state index contributed by atoms with van der Waals surface area (Å²) in [5.74, 6) is 0.309. The SMILES string of the molecule is CC(=O)Cc1ccccc1C(O)C(O)CCCl. The van der Waals surface area contributed by atoms with Crippen LogP contribution in [0.4, 0.5) is 0 Å². The van der Waals surface area contributed by atoms with Gasteiger partial charge in [0.25, 0.3) is 0 Å². The molecule has 1 aromatic rings. The second-order valence-electron chi connectivity index (χ2n) is 4.07. The fraction of sp³-hybridized carbons (Fsp3) is 0.462. The van der Waals surface area contributed by atoms with Crippen LogP contribution >= 0.6 is 11.6 Å². The topological polar surface area (TPSA) is 57.5 Å². The highest BCUT2D eigenvalue weighted by molar-refractivity contribution is 6.17. The lowest BCUT2D eigenvalue weighted by molar-refractivity contribution is -0.116. The van der Waals surface area contributed by atoms with E-state index in [1.807, 2.05) is 6.07 Å². The molecule has 1 rings (SSSR count). The Kier molecular flexibility index (Phi) is 5.62. The van der Waals surface area contributed by atoms with Gasteiger partial charge >= 0.3 is 0 Å². The van der Waals surface area contributed by atoms with Gasteiger partial charge in [-0.05, 0) is 24.5 Å². The molecule has 3 nitrogen and oxygen atoms in total. The molecule has 0 aliphatic heterocycles. The maximum absolute atomic E-state index is 11.1. The van der Waals surface area contributed by atoms with Crippen LogP contribution in [0.1, 0.15) is 30.6 Å². The number of halogens is 1. The normalized spacial score (nSPS) is 14.4. The molecule has 1 aromatic carbocycles. The van der Waals surface area contributed by atoms with Crippen LogP contribution in [-0.2, 0) is 11.2 Å². The number of carbonyl (C=O) groups excluding carboxylic acids is 1. The van der Waals surface area contributed by atoms with Crippen molar-refractivity contribution in [2.45, 2.75) is 32.0 Å². The summed E-state index contributed by atoms with van der Waals surface area (Å²) in [5.41, 5.74) is 1.35. The van der Waals surface area contributed by atoms with Crippen LogP contribution in [0.15, 0.2) is 24.3 Å². The minimum atomic E-state index is -0.996. The molecule has 17 heavy (non-hydrogen) atoms. The van der Waals surface area contributed by atoms with Gasteiger partial charge in [-0.1, -0.05) is 24.3 Å². The average Bonchev–Trinajstić information content (AvgIpc) is 2.28. The van der Waals surface area contributed by atoms with Gasteiger partial charge in [0, 0.05) is 12.3 Å². The fourth-order valence-electron chi connectivity index (χ4n) is 1.73. The molecular weight excluding hydrogens is 240 g/mol. The first-order valence-corrected chi connectivity index (χ1v) is 6.09. The van der Waals surface area contributed by atoms with Crippen molar-refractivity contribution in [1.29, 1.82) is 0 Å². The van der Waals surface area contributed by atoms with Gasteiger partial charge < -0.3 is 10.2 Å². The number of aliphatic hydroxyl groups excluding tert-OH is 2. The van der Waals surface area contributed by atoms with Crippen molar-refractivity contribution in [3.05, 3.63) is 35.4 Å². The lowest BCUT2D eigenvalue weighted by Crippen LogP contribution is -2.20. The molecule has 4 heteroatoms. The maximum atomic E-state index is 11.1. The molecule has 0 fully saturated rings. The van der Waals surface area contributed by atoms with Gasteiger partial charge in [0.1, 0.15) is 11.9 Å². The number of hydrogen-bond acceptors (Lipinski definition) is 3. The molecule has 0 bridgehead atoms. The first-order chi connectivity index (χ1) is 8.06. The van der Waals surface area contributed by atoms with Crippen molar-refractivity contribution in [1.82, 2.24) is 0 Å². The third-order valence-corrected chi connectivity index (χ3v) is 2.80. The molecule has 0 radical (unpaired) electrons. The van der Waals surface area contributed by atoms with Crippen LogP contribution in [-0.4, -0.2) is 28.0 Å². The highest BCUT2D eigenvalue weighted by Gasteiger charge is 2.20. The van der Waals surface area contributed by atoms with Crippen LogP contribution < -0.4 is 0 Å². The van der Waals surface area contributed by atoms with Gasteiger partial charge in [0.05, 0.1) is 6.10 Å². The molecule has 0 amide bonds. The van der Waals surface area contributed by atoms with Gasteiger partial charge in [0.2, 0.25) is 0 Å². The van der Waals surface area contributed by atoms with E-state index in [0.29, 0.717) is 12.0 Å². The van der Waals surface area contributed by atoms with E-state index in [1.54, 1.807) is 18.2 Å². The summed E-state index contributed by atoms with van der Waals surface area (Å²) in [5, 5.41) is 19.7. The first kappa shape index (κ1) is 14.2. The van der Waals surface area contributed by atoms with Gasteiger partial charge in [0.15, 0.2) is 0 Å². The molecule has 94 valence electrons. The molecule has 2 atom stereocenters. The van der Waals surface area contributed by atoms with E-state index in [9.17, 15) is 15.0 Å². The minimum Gasteiger partial charge on any atom is -0.390 e. The van der Waals surface area contributed by atoms with E-state index >= 15 is 0 Å². The quantitative estimate of drug-likeness (QED) is 0.764. The molecule has 0 saturated heterocycles. The smallest absolute Gasteiger partial charge is 0.134 e. The lowest BCUT2D eigenvalue weighted by Gasteiger charge is -2.19. The number of aliphatic hydroxyl groups is 2. The summed E-state index contributed by atoms with van der Waals surface area (Å²) >= 11 is 5.53. The van der Waals surface area contributed by atoms with Crippen molar-refractivity contribution >= 4 is 17.4 Å². The molecule has 0 saturated carbocycles. The monoisotopic (exact) mass is 256 g/mol. The molecular formula is C13H17ClO3. The Hall–Kier alpha value is -0.900. The number of alkyl halides is 1. The summed E-state index contributed by atoms with van der Waals surface area (Å²) in [6.07, 6.45) is -1.32. The zero-order valence-electron chi connectivity index (χ0n) is 9.77. The standard InChI is InChI=1S/C13H17ClO3/c1-9(15)8-10-4-2-3-5-11(10)13(17)12(16)6-7-14/h2-5,12-13,16-17H,6-8H2,1H3. The van der Waals surface area contributed by atoms with Gasteiger partial charge in [-0.2, -0.15) is 0 Å². The number of carbonyl (C=O) groups is 1. The van der Waals surface area contributed by atoms with Gasteiger partial charge in [-0.25, -0.2) is 0 Å². The Labute approximate surface area is 106 Å². The molecule has 0 aliphatic rings. The number of ketones is 1. The minimum absolute atomic E-state index is 0.0245. The Morgan fingerprint density at radius 1 is 1.35 bits per heavy atom. The summed E-state index contributed by atoms with van der Waals surface area (Å²) in [6, 6.07) is 7.09. The van der Waals surface area contributed by atoms with Crippen molar-refractivity contribution in [2.75, 3.05) is 5.88 Å². The highest BCUT2D eigenvalue weighted by atomic mass is 35.5. The summed E-state index contributed by atoms with van der Waals surface area (Å²) < 4.78 is 0. The third kappa shape index (κ3) is 4.11.